The highest BCUT2D eigenvalue weighted by Crippen LogP contribution is 2.50. The van der Waals surface area contributed by atoms with Crippen molar-refractivity contribution in [3.8, 4) is 172 Å². The average Bonchev–Trinajstić information content (AvgIpc) is 0.753. The van der Waals surface area contributed by atoms with E-state index >= 15 is 24.0 Å². The third kappa shape index (κ3) is 22.2. The number of carbonyl (C=O) groups excluding carboxylic acids is 10. The predicted molar refractivity (Wildman–Crippen MR) is 481 cm³/mol. The Balaban J connectivity index is 1.14. The van der Waals surface area contributed by atoms with Crippen molar-refractivity contribution in [1.29, 1.82) is 0 Å². The Hall–Kier alpha value is -18.1. The van der Waals surface area contributed by atoms with Gasteiger partial charge in [0.2, 0.25) is 69.9 Å². The third-order valence-corrected chi connectivity index (χ3v) is 20.8. The normalized spacial score (nSPS) is 13.8. The zero-order valence-corrected chi connectivity index (χ0v) is 79.1. The highest BCUT2D eigenvalue weighted by Gasteiger charge is 2.56. The van der Waals surface area contributed by atoms with E-state index in [4.69, 9.17) is 147 Å². The van der Waals surface area contributed by atoms with E-state index in [9.17, 15) is 49.5 Å². The molecule has 0 amide bonds. The first-order chi connectivity index (χ1) is 68.1. The van der Waals surface area contributed by atoms with Gasteiger partial charge in [-0.3, -0.25) is 0 Å². The number of rotatable bonds is 41. The van der Waals surface area contributed by atoms with E-state index in [-0.39, 0.29) is 114 Å². The molecule has 1 aliphatic rings. The fourth-order valence-corrected chi connectivity index (χ4v) is 14.2. The maximum atomic E-state index is 16.0. The minimum Gasteiger partial charge on any atom is -0.504 e. The summed E-state index contributed by atoms with van der Waals surface area (Å²) in [4.78, 5) is 151. The lowest BCUT2D eigenvalue weighted by atomic mass is 9.97. The standard InChI is InChI=1S/C96H92O46/c1-112-57-26-47(27-58(113-2)78(57)127-16)87(103)133-67-36-42(21-52(97)73(67)122-11)86(102)132-41-72-83(139-92(108)43-22-53(98)74(123-12)68(37-43)134-88(104)48-28-59(114-3)79(128-17)60(29-48)115-4)84(140-93(109)44-23-54(99)75(124-13)69(38-44)135-89(105)49-30-61(116-5)80(129-18)62(31-49)117-6)85(141-94(110)45-24-55(100)76(125-14)70(39-45)136-90(106)50-32-63(118-7)81(130-19)64(33-50)119-8)96(138-72)142-95(111)46-25-56(101)77(126-15)71(40-46)137-91(107)51-34-65(120-9)82(131-20)66(35-51)121-10/h21-40,72,83-85,96-101H,41H2,1-20H3/t72-,83-,84+,85-,96+/m1/s1. The molecule has 0 spiro atoms. The second kappa shape index (κ2) is 46.1. The molecule has 0 radical (unpaired) electrons. The highest BCUT2D eigenvalue weighted by atomic mass is 16.8. The molecule has 5 N–H and O–H groups in total. The predicted octanol–water partition coefficient (Wildman–Crippen LogP) is 10.9. The maximum Gasteiger partial charge on any atom is 0.343 e. The lowest BCUT2D eigenvalue weighted by molar-refractivity contribution is -0.282. The molecular weight excluding hydrogens is 1890 g/mol. The van der Waals surface area contributed by atoms with Gasteiger partial charge in [0.1, 0.15) is 12.7 Å². The molecule has 752 valence electrons. The van der Waals surface area contributed by atoms with Crippen LogP contribution in [-0.4, -0.2) is 265 Å². The van der Waals surface area contributed by atoms with Gasteiger partial charge >= 0.3 is 59.7 Å². The third-order valence-electron chi connectivity index (χ3n) is 20.8. The number of benzene rings is 10. The molecule has 0 bridgehead atoms. The van der Waals surface area contributed by atoms with Crippen molar-refractivity contribution in [3.05, 3.63) is 177 Å². The van der Waals surface area contributed by atoms with Crippen LogP contribution in [0, 0.1) is 0 Å². The summed E-state index contributed by atoms with van der Waals surface area (Å²) in [6.45, 7) is -1.46. The first-order valence-electron chi connectivity index (χ1n) is 41.0. The summed E-state index contributed by atoms with van der Waals surface area (Å²) in [7, 11) is 24.0. The summed E-state index contributed by atoms with van der Waals surface area (Å²) in [5, 5.41) is 59.1. The zero-order chi connectivity index (χ0) is 104. The zero-order valence-electron chi connectivity index (χ0n) is 79.1. The van der Waals surface area contributed by atoms with Crippen LogP contribution in [0.3, 0.4) is 0 Å². The molecule has 10 aromatic carbocycles. The number of phenols is 5. The molecule has 0 aliphatic carbocycles. The smallest absolute Gasteiger partial charge is 0.343 e. The molecule has 46 heteroatoms. The van der Waals surface area contributed by atoms with Crippen molar-refractivity contribution in [2.24, 2.45) is 0 Å². The van der Waals surface area contributed by atoms with Gasteiger partial charge in [-0.25, -0.2) is 47.9 Å². The largest absolute Gasteiger partial charge is 0.504 e. The van der Waals surface area contributed by atoms with Crippen LogP contribution in [0.2, 0.25) is 0 Å². The molecule has 11 rings (SSSR count). The van der Waals surface area contributed by atoms with E-state index in [1.165, 1.54) is 155 Å². The van der Waals surface area contributed by atoms with E-state index in [0.717, 1.165) is 84.1 Å². The van der Waals surface area contributed by atoms with Gasteiger partial charge in [-0.15, -0.1) is 0 Å². The van der Waals surface area contributed by atoms with Gasteiger partial charge in [0.25, 0.3) is 0 Å². The maximum absolute atomic E-state index is 16.0. The van der Waals surface area contributed by atoms with E-state index in [1.54, 1.807) is 0 Å². The van der Waals surface area contributed by atoms with E-state index in [1.807, 2.05) is 0 Å². The van der Waals surface area contributed by atoms with Crippen molar-refractivity contribution in [2.45, 2.75) is 30.7 Å². The minimum atomic E-state index is -2.86. The number of methoxy groups -OCH3 is 20. The fourth-order valence-electron chi connectivity index (χ4n) is 14.2. The van der Waals surface area contributed by atoms with Crippen LogP contribution < -0.4 is 118 Å². The van der Waals surface area contributed by atoms with Crippen molar-refractivity contribution < 1.29 is 220 Å². The minimum absolute atomic E-state index is 0.0202. The molecule has 1 aliphatic heterocycles. The number of esters is 10. The van der Waals surface area contributed by atoms with Gasteiger partial charge < -0.3 is 172 Å². The number of hydrogen-bond donors (Lipinski definition) is 5. The van der Waals surface area contributed by atoms with Crippen LogP contribution in [0.1, 0.15) is 104 Å². The fraction of sp³-hybridized carbons (Fsp3) is 0.271. The summed E-state index contributed by atoms with van der Waals surface area (Å²) >= 11 is 0. The molecule has 142 heavy (non-hydrogen) atoms. The van der Waals surface area contributed by atoms with E-state index in [0.29, 0.717) is 24.3 Å². The highest BCUT2D eigenvalue weighted by molar-refractivity contribution is 6.01. The van der Waals surface area contributed by atoms with Gasteiger partial charge in [-0.1, -0.05) is 0 Å². The SMILES string of the molecule is COc1cc(C(=O)Oc2cc(C(=O)OC[C@H]3O[C@@H](OC(=O)c4cc(O)c(OC)c(OC(=O)c5cc(OC)c(OC)c(OC)c5)c4)[C@H](OC(=O)c4cc(O)c(OC)c(OC(=O)c5cc(OC)c(OC)c(OC)c5)c4)[C@@H](OC(=O)c4cc(O)c(OC)c(OC(=O)c5cc(OC)c(OC)c(OC)c5)c4)[C@@H]3OC(=O)c3cc(O)c(OC)c(OC(=O)c4cc(OC)c(OC)c(OC)c4)c3)cc(O)c2OC)cc(OC)c1OC. The Kier molecular flexibility index (Phi) is 33.9. The molecule has 1 fully saturated rings. The summed E-state index contributed by atoms with van der Waals surface area (Å²) in [5.41, 5.74) is -5.76. The van der Waals surface area contributed by atoms with Crippen LogP contribution in [0.15, 0.2) is 121 Å². The Morgan fingerprint density at radius 3 is 0.563 bits per heavy atom. The van der Waals surface area contributed by atoms with Crippen LogP contribution in [0.25, 0.3) is 0 Å². The van der Waals surface area contributed by atoms with Crippen molar-refractivity contribution in [1.82, 2.24) is 0 Å². The Bertz CT molecular complexity index is 6370. The summed E-state index contributed by atoms with van der Waals surface area (Å²) in [6.07, 6.45) is -13.8. The second-order valence-corrected chi connectivity index (χ2v) is 28.8. The van der Waals surface area contributed by atoms with Crippen LogP contribution in [0.5, 0.6) is 172 Å². The average molecular weight is 1980 g/mol. The summed E-state index contributed by atoms with van der Waals surface area (Å²) in [5.74, 6) is -27.0. The van der Waals surface area contributed by atoms with Gasteiger partial charge in [-0.05, 0) is 121 Å². The number of phenolic OH excluding ortho intramolecular Hbond substituents is 5. The Morgan fingerprint density at radius 2 is 0.366 bits per heavy atom. The van der Waals surface area contributed by atoms with Crippen molar-refractivity contribution in [3.63, 3.8) is 0 Å². The number of ether oxygens (including phenoxy) is 31. The monoisotopic (exact) mass is 1980 g/mol. The molecule has 5 atom stereocenters. The van der Waals surface area contributed by atoms with Gasteiger partial charge in [0, 0.05) is 0 Å². The molecule has 0 saturated carbocycles. The Morgan fingerprint density at radius 1 is 0.197 bits per heavy atom. The lowest BCUT2D eigenvalue weighted by Crippen LogP contribution is -2.63. The summed E-state index contributed by atoms with van der Waals surface area (Å²) < 4.78 is 175. The topological polar surface area (TPSA) is 558 Å². The molecule has 0 unspecified atom stereocenters. The van der Waals surface area contributed by atoms with Crippen LogP contribution >= 0.6 is 0 Å². The first kappa shape index (κ1) is 104. The van der Waals surface area contributed by atoms with Crippen molar-refractivity contribution >= 4 is 59.7 Å². The molecular formula is C96H92O46. The van der Waals surface area contributed by atoms with Gasteiger partial charge in [0.05, 0.1) is 198 Å². The number of hydrogen-bond acceptors (Lipinski definition) is 46. The molecule has 0 aromatic heterocycles. The van der Waals surface area contributed by atoms with Gasteiger partial charge in [0.15, 0.2) is 127 Å². The van der Waals surface area contributed by atoms with Crippen LogP contribution in [0.4, 0.5) is 0 Å². The molecule has 1 heterocycles. The number of aromatic hydroxyl groups is 5. The molecule has 46 nitrogen and oxygen atoms in total. The van der Waals surface area contributed by atoms with Crippen molar-refractivity contribution in [2.75, 3.05) is 149 Å². The quantitative estimate of drug-likeness (QED) is 0.0135. The van der Waals surface area contributed by atoms with E-state index < -0.39 is 211 Å². The molecule has 10 aromatic rings. The molecule has 1 saturated heterocycles. The van der Waals surface area contributed by atoms with E-state index in [2.05, 4.69) is 0 Å². The number of carbonyl (C=O) groups is 10. The first-order valence-corrected chi connectivity index (χ1v) is 41.0. The Labute approximate surface area is 805 Å². The summed E-state index contributed by atoms with van der Waals surface area (Å²) in [6, 6.07) is 19.1. The van der Waals surface area contributed by atoms with Crippen LogP contribution in [-0.2, 0) is 28.4 Å². The lowest BCUT2D eigenvalue weighted by Gasteiger charge is -2.44. The second-order valence-electron chi connectivity index (χ2n) is 28.8. The van der Waals surface area contributed by atoms with Gasteiger partial charge in [-0.2, -0.15) is 0 Å².